The van der Waals surface area contributed by atoms with Crippen LogP contribution in [0.25, 0.3) is 0 Å². The van der Waals surface area contributed by atoms with Crippen LogP contribution in [0.2, 0.25) is 0 Å². The van der Waals surface area contributed by atoms with Crippen molar-refractivity contribution >= 4 is 21.6 Å². The zero-order chi connectivity index (χ0) is 22.9. The third-order valence-electron chi connectivity index (χ3n) is 6.59. The lowest BCUT2D eigenvalue weighted by molar-refractivity contribution is -0.117. The van der Waals surface area contributed by atoms with E-state index in [1.54, 1.807) is 6.26 Å². The van der Waals surface area contributed by atoms with Crippen LogP contribution < -0.4 is 5.32 Å². The Morgan fingerprint density at radius 1 is 1.28 bits per heavy atom. The first-order valence-corrected chi connectivity index (χ1v) is 12.7. The van der Waals surface area contributed by atoms with Crippen LogP contribution in [-0.2, 0) is 21.2 Å². The lowest BCUT2D eigenvalue weighted by atomic mass is 10.2. The van der Waals surface area contributed by atoms with Gasteiger partial charge in [0.15, 0.2) is 9.84 Å². The van der Waals surface area contributed by atoms with E-state index in [0.717, 1.165) is 30.1 Å². The van der Waals surface area contributed by atoms with Gasteiger partial charge in [-0.1, -0.05) is 0 Å². The molecule has 2 fully saturated rings. The molecule has 2 aromatic rings. The van der Waals surface area contributed by atoms with Crippen molar-refractivity contribution in [2.24, 2.45) is 0 Å². The Morgan fingerprint density at radius 3 is 2.62 bits per heavy atom. The largest absolute Gasteiger partial charge is 0.467 e. The van der Waals surface area contributed by atoms with E-state index in [9.17, 15) is 18.5 Å². The predicted molar refractivity (Wildman–Crippen MR) is 120 cm³/mol. The Kier molecular flexibility index (Phi) is 6.42. The number of nitrogens with zero attached hydrogens (tertiary/aromatic N) is 4. The van der Waals surface area contributed by atoms with E-state index < -0.39 is 9.84 Å². The summed E-state index contributed by atoms with van der Waals surface area (Å²) in [6.07, 6.45) is 2.30. The fourth-order valence-electron chi connectivity index (χ4n) is 4.61. The lowest BCUT2D eigenvalue weighted by Crippen LogP contribution is -2.52. The maximum atomic E-state index is 12.9. The number of hydrogen-bond donors (Lipinski definition) is 1. The summed E-state index contributed by atoms with van der Waals surface area (Å²) in [6.45, 7) is 7.39. The van der Waals surface area contributed by atoms with Gasteiger partial charge in [-0.15, -0.1) is 0 Å². The van der Waals surface area contributed by atoms with Crippen LogP contribution in [0.5, 0.6) is 0 Å². The highest BCUT2D eigenvalue weighted by atomic mass is 32.2. The zero-order valence-electron chi connectivity index (χ0n) is 18.5. The summed E-state index contributed by atoms with van der Waals surface area (Å²) in [7, 11) is -2.90. The minimum absolute atomic E-state index is 0.102. The van der Waals surface area contributed by atoms with E-state index in [2.05, 4.69) is 21.2 Å². The van der Waals surface area contributed by atoms with Crippen LogP contribution in [0, 0.1) is 25.2 Å². The molecule has 0 spiro atoms. The fraction of sp³-hybridized carbons (Fsp3) is 0.545. The number of hydrogen-bond acceptors (Lipinski definition) is 7. The molecule has 32 heavy (non-hydrogen) atoms. The lowest BCUT2D eigenvalue weighted by Gasteiger charge is -2.37. The Hall–Kier alpha value is -2.61. The molecular weight excluding hydrogens is 430 g/mol. The maximum absolute atomic E-state index is 12.9. The topological polar surface area (TPSA) is 112 Å². The van der Waals surface area contributed by atoms with E-state index in [0.29, 0.717) is 37.4 Å². The monoisotopic (exact) mass is 459 g/mol. The van der Waals surface area contributed by atoms with E-state index in [4.69, 9.17) is 4.42 Å². The van der Waals surface area contributed by atoms with Gasteiger partial charge in [0.05, 0.1) is 36.4 Å². The van der Waals surface area contributed by atoms with E-state index in [1.807, 2.05) is 30.5 Å². The van der Waals surface area contributed by atoms with Crippen LogP contribution in [0.4, 0.5) is 5.82 Å². The number of piperazine rings is 1. The van der Waals surface area contributed by atoms with Crippen LogP contribution in [-0.4, -0.2) is 79.0 Å². The molecule has 172 valence electrons. The van der Waals surface area contributed by atoms with Crippen molar-refractivity contribution in [1.82, 2.24) is 14.4 Å². The van der Waals surface area contributed by atoms with Gasteiger partial charge in [-0.2, -0.15) is 5.26 Å². The summed E-state index contributed by atoms with van der Waals surface area (Å²) in [6, 6.07) is 6.00. The molecule has 2 aliphatic heterocycles. The first-order valence-electron chi connectivity index (χ1n) is 10.9. The number of sulfone groups is 1. The van der Waals surface area contributed by atoms with Crippen LogP contribution >= 0.6 is 0 Å². The third kappa shape index (κ3) is 4.75. The van der Waals surface area contributed by atoms with Crippen molar-refractivity contribution in [3.63, 3.8) is 0 Å². The molecule has 0 saturated carbocycles. The Labute approximate surface area is 188 Å². The second kappa shape index (κ2) is 9.10. The Bertz CT molecular complexity index is 1120. The molecule has 1 atom stereocenters. The second-order valence-corrected chi connectivity index (χ2v) is 10.9. The summed E-state index contributed by atoms with van der Waals surface area (Å²) in [5.74, 6) is 1.59. The number of carbonyl (C=O) groups is 1. The molecule has 10 heteroatoms. The van der Waals surface area contributed by atoms with E-state index in [1.165, 1.54) is 0 Å². The number of nitrogens with one attached hydrogen (secondary N) is 1. The van der Waals surface area contributed by atoms with Gasteiger partial charge in [0.2, 0.25) is 5.91 Å². The highest BCUT2D eigenvalue weighted by molar-refractivity contribution is 7.91. The number of rotatable bonds is 6. The molecular formula is C22H29N5O4S. The fourth-order valence-corrected chi connectivity index (χ4v) is 6.37. The van der Waals surface area contributed by atoms with Gasteiger partial charge in [-0.3, -0.25) is 14.6 Å². The van der Waals surface area contributed by atoms with Gasteiger partial charge in [-0.25, -0.2) is 8.42 Å². The summed E-state index contributed by atoms with van der Waals surface area (Å²) in [5.41, 5.74) is 2.22. The molecule has 9 nitrogen and oxygen atoms in total. The SMILES string of the molecule is Cc1c(C#N)c(NC(=O)CN2CCN([C@H]3CCS(=O)(=O)C3)CC2)n(Cc2ccco2)c1C. The molecule has 2 aromatic heterocycles. The molecule has 0 radical (unpaired) electrons. The van der Waals surface area contributed by atoms with Crippen molar-refractivity contribution in [2.45, 2.75) is 32.9 Å². The first-order chi connectivity index (χ1) is 15.3. The molecule has 4 heterocycles. The number of furan rings is 1. The molecule has 0 aromatic carbocycles. The van der Waals surface area contributed by atoms with Gasteiger partial charge in [0.25, 0.3) is 0 Å². The zero-order valence-corrected chi connectivity index (χ0v) is 19.3. The third-order valence-corrected chi connectivity index (χ3v) is 8.34. The first kappa shape index (κ1) is 22.6. The molecule has 0 bridgehead atoms. The second-order valence-electron chi connectivity index (χ2n) is 8.63. The predicted octanol–water partition coefficient (Wildman–Crippen LogP) is 1.36. The van der Waals surface area contributed by atoms with Gasteiger partial charge < -0.3 is 14.3 Å². The van der Waals surface area contributed by atoms with Crippen molar-refractivity contribution in [3.8, 4) is 6.07 Å². The Morgan fingerprint density at radius 2 is 2.03 bits per heavy atom. The maximum Gasteiger partial charge on any atom is 0.239 e. The van der Waals surface area contributed by atoms with Crippen LogP contribution in [0.15, 0.2) is 22.8 Å². The molecule has 0 aliphatic carbocycles. The van der Waals surface area contributed by atoms with Gasteiger partial charge in [0, 0.05) is 37.9 Å². The quantitative estimate of drug-likeness (QED) is 0.694. The van der Waals surface area contributed by atoms with Gasteiger partial charge in [0.1, 0.15) is 17.6 Å². The van der Waals surface area contributed by atoms with Crippen molar-refractivity contribution < 1.29 is 17.6 Å². The van der Waals surface area contributed by atoms with Crippen molar-refractivity contribution in [1.29, 1.82) is 5.26 Å². The molecule has 1 N–H and O–H groups in total. The van der Waals surface area contributed by atoms with Gasteiger partial charge in [-0.05, 0) is 38.0 Å². The standard InChI is InChI=1S/C22H29N5O4S/c1-16-17(2)27(13-19-4-3-10-31-19)22(20(16)12-23)24-21(28)14-25-6-8-26(9-7-25)18-5-11-32(29,30)15-18/h3-4,10,18H,5-9,11,13-15H2,1-2H3,(H,24,28)/t18-/m0/s1. The average Bonchev–Trinajstić information content (AvgIpc) is 3.45. The van der Waals surface area contributed by atoms with E-state index >= 15 is 0 Å². The minimum atomic E-state index is -2.90. The Balaban J connectivity index is 1.38. The number of carbonyl (C=O) groups excluding carboxylic acids is 1. The summed E-state index contributed by atoms with van der Waals surface area (Å²) >= 11 is 0. The summed E-state index contributed by atoms with van der Waals surface area (Å²) in [5, 5.41) is 12.6. The average molecular weight is 460 g/mol. The van der Waals surface area contributed by atoms with Crippen molar-refractivity contribution in [2.75, 3.05) is 49.5 Å². The number of nitriles is 1. The molecule has 2 aliphatic rings. The summed E-state index contributed by atoms with van der Waals surface area (Å²) < 4.78 is 30.9. The molecule has 4 rings (SSSR count). The van der Waals surface area contributed by atoms with Crippen molar-refractivity contribution in [3.05, 3.63) is 41.0 Å². The van der Waals surface area contributed by atoms with Gasteiger partial charge >= 0.3 is 0 Å². The normalized spacial score (nSPS) is 21.5. The summed E-state index contributed by atoms with van der Waals surface area (Å²) in [4.78, 5) is 17.2. The van der Waals surface area contributed by atoms with E-state index in [-0.39, 0.29) is 30.0 Å². The minimum Gasteiger partial charge on any atom is -0.467 e. The highest BCUT2D eigenvalue weighted by Crippen LogP contribution is 2.27. The molecule has 0 unspecified atom stereocenters. The molecule has 1 amide bonds. The van der Waals surface area contributed by atoms with Crippen LogP contribution in [0.1, 0.15) is 29.0 Å². The highest BCUT2D eigenvalue weighted by Gasteiger charge is 2.34. The number of aromatic nitrogens is 1. The number of anilines is 1. The number of amides is 1. The van der Waals surface area contributed by atoms with Crippen LogP contribution in [0.3, 0.4) is 0 Å². The molecule has 2 saturated heterocycles. The smallest absolute Gasteiger partial charge is 0.239 e.